The quantitative estimate of drug-likeness (QED) is 0.368. The first kappa shape index (κ1) is 18.2. The number of rotatable bonds is 5. The number of thioether (sulfide) groups is 1. The summed E-state index contributed by atoms with van der Waals surface area (Å²) in [6, 6.07) is 12.1. The molecule has 2 N–H and O–H groups in total. The third kappa shape index (κ3) is 5.21. The summed E-state index contributed by atoms with van der Waals surface area (Å²) >= 11 is 6.88. The lowest BCUT2D eigenvalue weighted by molar-refractivity contribution is 0.897. The number of nitrogens with zero attached hydrogens (tertiary/aromatic N) is 3. The van der Waals surface area contributed by atoms with Crippen LogP contribution < -0.4 is 15.6 Å². The van der Waals surface area contributed by atoms with E-state index in [2.05, 4.69) is 37.9 Å². The minimum absolute atomic E-state index is 0.683. The maximum absolute atomic E-state index is 5.41. The molecule has 0 bridgehead atoms. The van der Waals surface area contributed by atoms with Gasteiger partial charge in [0.1, 0.15) is 4.32 Å². The highest BCUT2D eigenvalue weighted by Gasteiger charge is 2.04. The molecule has 1 aromatic heterocycles. The first-order valence-electron chi connectivity index (χ1n) is 7.43. The van der Waals surface area contributed by atoms with Crippen LogP contribution in [0.2, 0.25) is 0 Å². The van der Waals surface area contributed by atoms with Gasteiger partial charge in [0.15, 0.2) is 0 Å². The fraction of sp³-hybridized carbons (Fsp3) is 0.235. The van der Waals surface area contributed by atoms with Gasteiger partial charge in [-0.1, -0.05) is 24.0 Å². The fourth-order valence-electron chi connectivity index (χ4n) is 1.97. The van der Waals surface area contributed by atoms with Crippen LogP contribution in [0.3, 0.4) is 0 Å². The second kappa shape index (κ2) is 8.65. The SMILES string of the molecule is CNN=C(C)c1ccc(SC(=S)Nc2ccc(N(C)C)cc2)cn1. The number of hydrogen-bond acceptors (Lipinski definition) is 6. The molecule has 0 atom stereocenters. The molecular weight excluding hydrogens is 338 g/mol. The second-order valence-electron chi connectivity index (χ2n) is 5.26. The Morgan fingerprint density at radius 2 is 1.88 bits per heavy atom. The van der Waals surface area contributed by atoms with Gasteiger partial charge in [-0.25, -0.2) is 0 Å². The Balaban J connectivity index is 1.95. The van der Waals surface area contributed by atoms with Gasteiger partial charge in [0.25, 0.3) is 0 Å². The van der Waals surface area contributed by atoms with Crippen LogP contribution in [0.1, 0.15) is 12.6 Å². The van der Waals surface area contributed by atoms with Crippen molar-refractivity contribution in [2.75, 3.05) is 31.4 Å². The molecule has 2 aromatic rings. The van der Waals surface area contributed by atoms with Crippen molar-refractivity contribution in [1.82, 2.24) is 10.4 Å². The summed E-state index contributed by atoms with van der Waals surface area (Å²) in [4.78, 5) is 7.45. The fourth-order valence-corrected chi connectivity index (χ4v) is 3.00. The van der Waals surface area contributed by atoms with E-state index in [1.165, 1.54) is 11.8 Å². The highest BCUT2D eigenvalue weighted by Crippen LogP contribution is 2.22. The van der Waals surface area contributed by atoms with Crippen LogP contribution in [0.25, 0.3) is 0 Å². The zero-order valence-corrected chi connectivity index (χ0v) is 15.8. The third-order valence-electron chi connectivity index (χ3n) is 3.23. The van der Waals surface area contributed by atoms with Crippen molar-refractivity contribution in [2.45, 2.75) is 11.8 Å². The zero-order chi connectivity index (χ0) is 17.5. The van der Waals surface area contributed by atoms with Crippen LogP contribution in [-0.4, -0.2) is 36.2 Å². The number of benzene rings is 1. The van der Waals surface area contributed by atoms with Gasteiger partial charge in [0, 0.05) is 43.6 Å². The molecule has 0 unspecified atom stereocenters. The smallest absolute Gasteiger partial charge is 0.143 e. The zero-order valence-electron chi connectivity index (χ0n) is 14.2. The van der Waals surface area contributed by atoms with E-state index in [0.717, 1.165) is 27.7 Å². The summed E-state index contributed by atoms with van der Waals surface area (Å²) in [7, 11) is 5.80. The van der Waals surface area contributed by atoms with E-state index < -0.39 is 0 Å². The number of thiocarbonyl (C=S) groups is 1. The minimum Gasteiger partial charge on any atom is -0.378 e. The average Bonchev–Trinajstić information content (AvgIpc) is 2.56. The van der Waals surface area contributed by atoms with Crippen LogP contribution in [-0.2, 0) is 0 Å². The van der Waals surface area contributed by atoms with E-state index in [-0.39, 0.29) is 0 Å². The molecule has 1 heterocycles. The monoisotopic (exact) mass is 359 g/mol. The number of anilines is 2. The topological polar surface area (TPSA) is 52.6 Å². The molecular formula is C17H21N5S2. The first-order chi connectivity index (χ1) is 11.5. The molecule has 0 aliphatic rings. The van der Waals surface area contributed by atoms with E-state index in [1.54, 1.807) is 13.2 Å². The molecule has 0 aliphatic heterocycles. The van der Waals surface area contributed by atoms with E-state index in [9.17, 15) is 0 Å². The Morgan fingerprint density at radius 1 is 1.17 bits per heavy atom. The van der Waals surface area contributed by atoms with Crippen molar-refractivity contribution < 1.29 is 0 Å². The molecule has 0 saturated carbocycles. The Bertz CT molecular complexity index is 709. The number of aromatic nitrogens is 1. The van der Waals surface area contributed by atoms with Crippen molar-refractivity contribution in [3.8, 4) is 0 Å². The maximum atomic E-state index is 5.41. The highest BCUT2D eigenvalue weighted by molar-refractivity contribution is 8.23. The Morgan fingerprint density at radius 3 is 2.42 bits per heavy atom. The molecule has 24 heavy (non-hydrogen) atoms. The maximum Gasteiger partial charge on any atom is 0.143 e. The minimum atomic E-state index is 0.683. The molecule has 7 heteroatoms. The van der Waals surface area contributed by atoms with Crippen LogP contribution >= 0.6 is 24.0 Å². The van der Waals surface area contributed by atoms with Gasteiger partial charge in [0.05, 0.1) is 11.4 Å². The normalized spacial score (nSPS) is 11.1. The lowest BCUT2D eigenvalue weighted by atomic mass is 10.3. The van der Waals surface area contributed by atoms with Crippen LogP contribution in [0.5, 0.6) is 0 Å². The predicted molar refractivity (Wildman–Crippen MR) is 108 cm³/mol. The van der Waals surface area contributed by atoms with E-state index in [4.69, 9.17) is 12.2 Å². The molecule has 0 spiro atoms. The molecule has 0 fully saturated rings. The average molecular weight is 360 g/mol. The van der Waals surface area contributed by atoms with Crippen molar-refractivity contribution in [3.05, 3.63) is 48.3 Å². The summed E-state index contributed by atoms with van der Waals surface area (Å²) in [6.45, 7) is 1.91. The van der Waals surface area contributed by atoms with Gasteiger partial charge >= 0.3 is 0 Å². The second-order valence-corrected chi connectivity index (χ2v) is 7.01. The molecule has 1 aromatic carbocycles. The number of nitrogens with one attached hydrogen (secondary N) is 2. The van der Waals surface area contributed by atoms with Crippen molar-refractivity contribution in [3.63, 3.8) is 0 Å². The largest absolute Gasteiger partial charge is 0.378 e. The summed E-state index contributed by atoms with van der Waals surface area (Å²) in [5.74, 6) is 0. The molecule has 0 saturated heterocycles. The lowest BCUT2D eigenvalue weighted by Crippen LogP contribution is -2.09. The van der Waals surface area contributed by atoms with E-state index in [0.29, 0.717) is 4.32 Å². The number of pyridine rings is 1. The third-order valence-corrected chi connectivity index (χ3v) is 4.34. The van der Waals surface area contributed by atoms with Crippen molar-refractivity contribution in [1.29, 1.82) is 0 Å². The van der Waals surface area contributed by atoms with Gasteiger partial charge in [-0.15, -0.1) is 0 Å². The van der Waals surface area contributed by atoms with Gasteiger partial charge < -0.3 is 15.6 Å². The van der Waals surface area contributed by atoms with Gasteiger partial charge in [-0.2, -0.15) is 5.10 Å². The lowest BCUT2D eigenvalue weighted by Gasteiger charge is -2.13. The van der Waals surface area contributed by atoms with Gasteiger partial charge in [-0.3, -0.25) is 4.98 Å². The van der Waals surface area contributed by atoms with Crippen molar-refractivity contribution >= 4 is 45.4 Å². The highest BCUT2D eigenvalue weighted by atomic mass is 32.2. The predicted octanol–water partition coefficient (Wildman–Crippen LogP) is 3.58. The van der Waals surface area contributed by atoms with Crippen LogP contribution in [0, 0.1) is 0 Å². The van der Waals surface area contributed by atoms with Crippen LogP contribution in [0.15, 0.2) is 52.6 Å². The number of hydrogen-bond donors (Lipinski definition) is 2. The first-order valence-corrected chi connectivity index (χ1v) is 8.65. The molecule has 0 aliphatic carbocycles. The standard InChI is InChI=1S/C17H21N5S2/c1-12(21-18-2)16-10-9-15(11-19-16)24-17(23)20-13-5-7-14(8-6-13)22(3)4/h5-11,18H,1-4H3,(H,20,23). The van der Waals surface area contributed by atoms with E-state index in [1.807, 2.05) is 45.3 Å². The van der Waals surface area contributed by atoms with Gasteiger partial charge in [-0.05, 0) is 43.3 Å². The molecule has 0 amide bonds. The molecule has 5 nitrogen and oxygen atoms in total. The molecule has 0 radical (unpaired) electrons. The van der Waals surface area contributed by atoms with E-state index >= 15 is 0 Å². The summed E-state index contributed by atoms with van der Waals surface area (Å²) in [5, 5.41) is 7.35. The Labute approximate surface area is 152 Å². The van der Waals surface area contributed by atoms with Gasteiger partial charge in [0.2, 0.25) is 0 Å². The summed E-state index contributed by atoms with van der Waals surface area (Å²) in [5.41, 5.74) is 6.57. The Kier molecular flexibility index (Phi) is 6.57. The van der Waals surface area contributed by atoms with Crippen LogP contribution in [0.4, 0.5) is 11.4 Å². The summed E-state index contributed by atoms with van der Waals surface area (Å²) in [6.07, 6.45) is 1.80. The summed E-state index contributed by atoms with van der Waals surface area (Å²) < 4.78 is 0.683. The van der Waals surface area contributed by atoms with Crippen molar-refractivity contribution in [2.24, 2.45) is 5.10 Å². The number of hydrazone groups is 1. The molecule has 126 valence electrons. The molecule has 2 rings (SSSR count). The Hall–Kier alpha value is -2.12.